The zero-order valence-corrected chi connectivity index (χ0v) is 23.0. The molecule has 1 aromatic carbocycles. The number of benzene rings is 1. The van der Waals surface area contributed by atoms with Crippen molar-refractivity contribution in [3.8, 4) is 6.07 Å². The van der Waals surface area contributed by atoms with Gasteiger partial charge in [0.2, 0.25) is 0 Å². The summed E-state index contributed by atoms with van der Waals surface area (Å²) in [6, 6.07) is 12.5. The Morgan fingerprint density at radius 1 is 1.16 bits per heavy atom. The molecule has 0 atom stereocenters. The van der Waals surface area contributed by atoms with E-state index in [0.29, 0.717) is 34.5 Å². The number of anilines is 1. The van der Waals surface area contributed by atoms with E-state index in [2.05, 4.69) is 40.1 Å². The Morgan fingerprint density at radius 3 is 2.49 bits per heavy atom. The smallest absolute Gasteiger partial charge is 0.270 e. The van der Waals surface area contributed by atoms with Gasteiger partial charge in [-0.1, -0.05) is 54.3 Å². The summed E-state index contributed by atoms with van der Waals surface area (Å²) in [6.45, 7) is 8.88. The number of carbonyl (C=O) groups excluding carboxylic acids is 1. The first-order valence-corrected chi connectivity index (χ1v) is 13.5. The maximum Gasteiger partial charge on any atom is 0.270 e. The molecule has 194 valence electrons. The van der Waals surface area contributed by atoms with Crippen molar-refractivity contribution >= 4 is 46.1 Å². The third-order valence-corrected chi connectivity index (χ3v) is 8.13. The molecule has 8 nitrogen and oxygen atoms in total. The van der Waals surface area contributed by atoms with Crippen LogP contribution >= 0.6 is 24.0 Å². The second-order valence-corrected chi connectivity index (χ2v) is 10.6. The van der Waals surface area contributed by atoms with Crippen molar-refractivity contribution < 1.29 is 9.53 Å². The van der Waals surface area contributed by atoms with Gasteiger partial charge in [-0.2, -0.15) is 5.26 Å². The Bertz CT molecular complexity index is 1310. The van der Waals surface area contributed by atoms with Crippen LogP contribution in [0.15, 0.2) is 40.0 Å². The molecule has 10 heteroatoms. The van der Waals surface area contributed by atoms with Crippen LogP contribution in [0.3, 0.4) is 0 Å². The number of amides is 1. The van der Waals surface area contributed by atoms with Crippen molar-refractivity contribution in [2.24, 2.45) is 0 Å². The van der Waals surface area contributed by atoms with E-state index in [4.69, 9.17) is 17.0 Å². The van der Waals surface area contributed by atoms with Gasteiger partial charge in [0.1, 0.15) is 21.8 Å². The molecular formula is C27H31N5O3S2. The summed E-state index contributed by atoms with van der Waals surface area (Å²) >= 11 is 6.69. The number of methoxy groups -OCH3 is 1. The van der Waals surface area contributed by atoms with E-state index in [-0.39, 0.29) is 17.0 Å². The number of carbonyl (C=O) groups is 1. The Hall–Kier alpha value is -2.97. The molecule has 2 aromatic rings. The molecule has 0 bridgehead atoms. The minimum atomic E-state index is -0.297. The summed E-state index contributed by atoms with van der Waals surface area (Å²) < 4.78 is 7.27. The molecule has 0 N–H and O–H groups in total. The zero-order valence-electron chi connectivity index (χ0n) is 21.4. The molecule has 0 aliphatic carbocycles. The number of piperazine rings is 1. The van der Waals surface area contributed by atoms with Crippen LogP contribution in [0.25, 0.3) is 6.08 Å². The number of nitriles is 1. The first-order valence-electron chi connectivity index (χ1n) is 12.3. The summed E-state index contributed by atoms with van der Waals surface area (Å²) in [4.78, 5) is 33.0. The lowest BCUT2D eigenvalue weighted by Crippen LogP contribution is -2.48. The van der Waals surface area contributed by atoms with Gasteiger partial charge in [0.25, 0.3) is 11.5 Å². The van der Waals surface area contributed by atoms with E-state index >= 15 is 0 Å². The fraction of sp³-hybridized carbons (Fsp3) is 0.407. The molecule has 37 heavy (non-hydrogen) atoms. The molecule has 2 saturated heterocycles. The van der Waals surface area contributed by atoms with Crippen LogP contribution in [0, 0.1) is 18.3 Å². The lowest BCUT2D eigenvalue weighted by molar-refractivity contribution is -0.122. The first-order chi connectivity index (χ1) is 17.9. The molecule has 0 spiro atoms. The van der Waals surface area contributed by atoms with Crippen LogP contribution in [0.4, 0.5) is 5.82 Å². The van der Waals surface area contributed by atoms with Crippen molar-refractivity contribution in [2.45, 2.75) is 26.9 Å². The van der Waals surface area contributed by atoms with E-state index in [1.807, 2.05) is 13.0 Å². The maximum absolute atomic E-state index is 13.3. The highest BCUT2D eigenvalue weighted by Gasteiger charge is 2.33. The molecule has 0 radical (unpaired) electrons. The van der Waals surface area contributed by atoms with Crippen LogP contribution in [-0.2, 0) is 22.6 Å². The second kappa shape index (κ2) is 12.0. The third kappa shape index (κ3) is 5.65. The Morgan fingerprint density at radius 2 is 1.86 bits per heavy atom. The molecular weight excluding hydrogens is 506 g/mol. The highest BCUT2D eigenvalue weighted by atomic mass is 32.2. The molecule has 3 heterocycles. The lowest BCUT2D eigenvalue weighted by atomic mass is 10.0. The van der Waals surface area contributed by atoms with Crippen molar-refractivity contribution in [3.63, 3.8) is 0 Å². The summed E-state index contributed by atoms with van der Waals surface area (Å²) in [7, 11) is 1.58. The number of aromatic nitrogens is 1. The number of hydrogen-bond donors (Lipinski definition) is 0. The summed E-state index contributed by atoms with van der Waals surface area (Å²) in [5, 5.41) is 9.79. The highest BCUT2D eigenvalue weighted by molar-refractivity contribution is 8.26. The van der Waals surface area contributed by atoms with Gasteiger partial charge in [-0.25, -0.2) is 0 Å². The SMILES string of the molecule is CCn1c(N2CCN(Cc3ccccc3)CC2)c(/C=C2\SC(=S)N(CCOC)C2=O)c(C)c(C#N)c1=O. The fourth-order valence-corrected chi connectivity index (χ4v) is 6.03. The number of rotatable bonds is 8. The van der Waals surface area contributed by atoms with Gasteiger partial charge in [-0.3, -0.25) is 24.0 Å². The average Bonchev–Trinajstić information content (AvgIpc) is 3.17. The van der Waals surface area contributed by atoms with E-state index in [9.17, 15) is 14.9 Å². The predicted octanol–water partition coefficient (Wildman–Crippen LogP) is 3.22. The fourth-order valence-electron chi connectivity index (χ4n) is 4.74. The van der Waals surface area contributed by atoms with Crippen molar-refractivity contribution in [2.75, 3.05) is 51.3 Å². The number of nitrogens with zero attached hydrogens (tertiary/aromatic N) is 5. The van der Waals surface area contributed by atoms with E-state index < -0.39 is 0 Å². The standard InChI is InChI=1S/C27H31N5O3S2/c1-4-31-24(30-12-10-29(11-13-30)18-20-8-6-5-7-9-20)21(19(2)22(17-28)25(31)33)16-23-26(34)32(14-15-35-3)27(36)37-23/h5-9,16H,4,10-15,18H2,1-3H3/b23-16-. The van der Waals surface area contributed by atoms with Gasteiger partial charge in [0.05, 0.1) is 18.1 Å². The van der Waals surface area contributed by atoms with Crippen molar-refractivity contribution in [1.82, 2.24) is 14.4 Å². The highest BCUT2D eigenvalue weighted by Crippen LogP contribution is 2.36. The Labute approximate surface area is 227 Å². The third-order valence-electron chi connectivity index (χ3n) is 6.75. The summed E-state index contributed by atoms with van der Waals surface area (Å²) in [5.41, 5.74) is 2.39. The van der Waals surface area contributed by atoms with Crippen LogP contribution in [0.1, 0.15) is 29.2 Å². The summed E-state index contributed by atoms with van der Waals surface area (Å²) in [6.07, 6.45) is 1.81. The normalized spacial score (nSPS) is 17.6. The first kappa shape index (κ1) is 27.1. The maximum atomic E-state index is 13.3. The molecule has 4 rings (SSSR count). The van der Waals surface area contributed by atoms with Gasteiger partial charge in [-0.15, -0.1) is 0 Å². The second-order valence-electron chi connectivity index (χ2n) is 8.97. The largest absolute Gasteiger partial charge is 0.383 e. The topological polar surface area (TPSA) is 81.8 Å². The Balaban J connectivity index is 1.70. The van der Waals surface area contributed by atoms with Gasteiger partial charge >= 0.3 is 0 Å². The number of hydrogen-bond acceptors (Lipinski definition) is 8. The van der Waals surface area contributed by atoms with E-state index in [0.717, 1.165) is 44.1 Å². The molecule has 2 aliphatic heterocycles. The van der Waals surface area contributed by atoms with Crippen molar-refractivity contribution in [3.05, 3.63) is 67.8 Å². The molecule has 1 aromatic heterocycles. The zero-order chi connectivity index (χ0) is 26.5. The minimum absolute atomic E-state index is 0.106. The van der Waals surface area contributed by atoms with Gasteiger partial charge < -0.3 is 9.64 Å². The monoisotopic (exact) mass is 537 g/mol. The van der Waals surface area contributed by atoms with Crippen LogP contribution < -0.4 is 10.5 Å². The van der Waals surface area contributed by atoms with Gasteiger partial charge in [-0.05, 0) is 31.1 Å². The van der Waals surface area contributed by atoms with E-state index in [1.165, 1.54) is 22.2 Å². The van der Waals surface area contributed by atoms with Crippen LogP contribution in [0.5, 0.6) is 0 Å². The van der Waals surface area contributed by atoms with Gasteiger partial charge in [0, 0.05) is 51.9 Å². The quantitative estimate of drug-likeness (QED) is 0.375. The number of pyridine rings is 1. The number of thioether (sulfide) groups is 1. The minimum Gasteiger partial charge on any atom is -0.383 e. The number of ether oxygens (including phenoxy) is 1. The molecule has 0 saturated carbocycles. The molecule has 2 aliphatic rings. The van der Waals surface area contributed by atoms with Crippen LogP contribution in [0.2, 0.25) is 0 Å². The average molecular weight is 538 g/mol. The molecule has 2 fully saturated rings. The summed E-state index contributed by atoms with van der Waals surface area (Å²) in [5.74, 6) is 0.573. The molecule has 0 unspecified atom stereocenters. The van der Waals surface area contributed by atoms with Crippen LogP contribution in [-0.4, -0.2) is 71.0 Å². The predicted molar refractivity (Wildman–Crippen MR) is 152 cm³/mol. The van der Waals surface area contributed by atoms with Gasteiger partial charge in [0.15, 0.2) is 0 Å². The van der Waals surface area contributed by atoms with Crippen molar-refractivity contribution in [1.29, 1.82) is 5.26 Å². The Kier molecular flexibility index (Phi) is 8.82. The number of thiocarbonyl (C=S) groups is 1. The molecule has 1 amide bonds. The van der Waals surface area contributed by atoms with E-state index in [1.54, 1.807) is 24.7 Å². The lowest BCUT2D eigenvalue weighted by Gasteiger charge is -2.38.